The lowest BCUT2D eigenvalue weighted by molar-refractivity contribution is -0.141. The normalized spacial score (nSPS) is 11.9. The van der Waals surface area contributed by atoms with Gasteiger partial charge in [-0.15, -0.1) is 25.7 Å². The van der Waals surface area contributed by atoms with Crippen LogP contribution in [0.2, 0.25) is 0 Å². The third-order valence-corrected chi connectivity index (χ3v) is 4.79. The van der Waals surface area contributed by atoms with Crippen LogP contribution in [0.25, 0.3) is 0 Å². The van der Waals surface area contributed by atoms with Crippen molar-refractivity contribution in [3.63, 3.8) is 0 Å². The largest absolute Gasteiger partial charge is 0.503 e. The number of hydrogen-bond acceptors (Lipinski definition) is 5. The smallest absolute Gasteiger partial charge is 0.406 e. The second kappa shape index (κ2) is 15.7. The summed E-state index contributed by atoms with van der Waals surface area (Å²) in [5, 5.41) is 12.1. The second-order valence-corrected chi connectivity index (χ2v) is 7.21. The van der Waals surface area contributed by atoms with Gasteiger partial charge in [-0.3, -0.25) is 14.4 Å². The summed E-state index contributed by atoms with van der Waals surface area (Å²) in [6.45, 7) is -0.235. The molecule has 0 atom stereocenters. The summed E-state index contributed by atoms with van der Waals surface area (Å²) in [6, 6.07) is 0.783. The topological polar surface area (TPSA) is 101 Å². The molecule has 1 aromatic carbocycles. The monoisotopic (exact) mass is 561 g/mol. The molecule has 2 amide bonds. The minimum absolute atomic E-state index is 0.257. The third kappa shape index (κ3) is 9.43. The molecule has 1 aliphatic heterocycles. The van der Waals surface area contributed by atoms with Crippen molar-refractivity contribution in [3.8, 4) is 31.4 Å². The van der Waals surface area contributed by atoms with Crippen molar-refractivity contribution < 1.29 is 45.8 Å². The molecular formula is C25H25F6N3O5. The summed E-state index contributed by atoms with van der Waals surface area (Å²) < 4.78 is 83.5. The molecule has 2 N–H and O–H groups in total. The lowest BCUT2D eigenvalue weighted by Crippen LogP contribution is -2.46. The van der Waals surface area contributed by atoms with Gasteiger partial charge in [0.05, 0.1) is 0 Å². The van der Waals surface area contributed by atoms with Crippen LogP contribution in [0.15, 0.2) is 23.1 Å². The molecular weight excluding hydrogens is 536 g/mol. The molecule has 0 radical (unpaired) electrons. The zero-order valence-corrected chi connectivity index (χ0v) is 20.8. The van der Waals surface area contributed by atoms with Gasteiger partial charge in [0.15, 0.2) is 11.4 Å². The van der Waals surface area contributed by atoms with Crippen LogP contribution in [-0.4, -0.2) is 59.4 Å². The standard InChI is InChI=1S/C18H13F6N3O4.C3H8O.2C2H2/c19-8-3-11(20)9(12(21)4-8)5-25-16(30)10-6-26-1-2-27(7-18(22,23)24)17(31)13(26)15(29)14(10)28;1-3-4-2;2*1-2/h3-4,6,29H,1-2,5,7H2,(H,25,30);3H2,1-2H3;2*1-2H. The quantitative estimate of drug-likeness (QED) is 0.432. The minimum atomic E-state index is -4.70. The Bertz CT molecular complexity index is 1220. The molecule has 2 heterocycles. The van der Waals surface area contributed by atoms with Gasteiger partial charge < -0.3 is 24.6 Å². The predicted molar refractivity (Wildman–Crippen MR) is 129 cm³/mol. The summed E-state index contributed by atoms with van der Waals surface area (Å²) in [6.07, 6.45) is 12.2. The molecule has 14 heteroatoms. The zero-order valence-electron chi connectivity index (χ0n) is 20.8. The highest BCUT2D eigenvalue weighted by molar-refractivity contribution is 5.99. The zero-order chi connectivity index (χ0) is 30.5. The molecule has 0 spiro atoms. The Hall–Kier alpha value is -4.43. The molecule has 39 heavy (non-hydrogen) atoms. The first kappa shape index (κ1) is 34.6. The van der Waals surface area contributed by atoms with Crippen molar-refractivity contribution in [2.24, 2.45) is 0 Å². The number of halogens is 6. The van der Waals surface area contributed by atoms with Crippen LogP contribution >= 0.6 is 0 Å². The maximum Gasteiger partial charge on any atom is 0.406 e. The molecule has 0 saturated heterocycles. The number of aromatic nitrogens is 1. The SMILES string of the molecule is C#C.C#C.CCOC.O=C(NCc1c(F)cc(F)cc1F)c1cn2c(c(O)c1=O)C(=O)N(CC(F)(F)F)CC2. The summed E-state index contributed by atoms with van der Waals surface area (Å²) in [5.74, 6) is -7.39. The first-order valence-corrected chi connectivity index (χ1v) is 10.7. The summed E-state index contributed by atoms with van der Waals surface area (Å²) in [4.78, 5) is 37.2. The summed E-state index contributed by atoms with van der Waals surface area (Å²) >= 11 is 0. The Kier molecular flexibility index (Phi) is 13.9. The van der Waals surface area contributed by atoms with E-state index in [0.29, 0.717) is 17.0 Å². The average Bonchev–Trinajstić information content (AvgIpc) is 2.88. The van der Waals surface area contributed by atoms with Crippen LogP contribution in [0.1, 0.15) is 33.3 Å². The molecule has 1 aliphatic rings. The van der Waals surface area contributed by atoms with Gasteiger partial charge in [-0.2, -0.15) is 13.2 Å². The number of carbonyl (C=O) groups excluding carboxylic acids is 2. The van der Waals surface area contributed by atoms with E-state index in [9.17, 15) is 45.8 Å². The van der Waals surface area contributed by atoms with Crippen molar-refractivity contribution in [1.82, 2.24) is 14.8 Å². The fraction of sp³-hybridized carbons (Fsp3) is 0.320. The molecule has 1 aromatic heterocycles. The van der Waals surface area contributed by atoms with Crippen LogP contribution in [0.3, 0.4) is 0 Å². The van der Waals surface area contributed by atoms with Crippen molar-refractivity contribution in [2.45, 2.75) is 26.2 Å². The second-order valence-electron chi connectivity index (χ2n) is 7.21. The highest BCUT2D eigenvalue weighted by Crippen LogP contribution is 2.24. The van der Waals surface area contributed by atoms with Gasteiger partial charge >= 0.3 is 6.18 Å². The number of nitrogens with zero attached hydrogens (tertiary/aromatic N) is 2. The van der Waals surface area contributed by atoms with Gasteiger partial charge in [0.25, 0.3) is 11.8 Å². The summed E-state index contributed by atoms with van der Waals surface area (Å²) in [5.41, 5.74) is -3.46. The molecule has 212 valence electrons. The molecule has 3 rings (SSSR count). The van der Waals surface area contributed by atoms with Gasteiger partial charge in [-0.1, -0.05) is 0 Å². The van der Waals surface area contributed by atoms with E-state index in [0.717, 1.165) is 17.4 Å². The van der Waals surface area contributed by atoms with E-state index in [4.69, 9.17) is 0 Å². The van der Waals surface area contributed by atoms with Gasteiger partial charge in [-0.05, 0) is 6.92 Å². The van der Waals surface area contributed by atoms with Crippen LogP contribution < -0.4 is 10.7 Å². The average molecular weight is 561 g/mol. The minimum Gasteiger partial charge on any atom is -0.503 e. The Morgan fingerprint density at radius 1 is 1.08 bits per heavy atom. The number of aromatic hydroxyl groups is 1. The van der Waals surface area contributed by atoms with E-state index in [1.54, 1.807) is 7.11 Å². The molecule has 8 nitrogen and oxygen atoms in total. The predicted octanol–water partition coefficient (Wildman–Crippen LogP) is 3.07. The molecule has 0 fully saturated rings. The van der Waals surface area contributed by atoms with Crippen molar-refractivity contribution in [1.29, 1.82) is 0 Å². The molecule has 0 saturated carbocycles. The highest BCUT2D eigenvalue weighted by Gasteiger charge is 2.37. The Labute approximate surface area is 220 Å². The van der Waals surface area contributed by atoms with Gasteiger partial charge in [-0.25, -0.2) is 13.2 Å². The lowest BCUT2D eigenvalue weighted by atomic mass is 10.1. The van der Waals surface area contributed by atoms with E-state index in [1.165, 1.54) is 0 Å². The van der Waals surface area contributed by atoms with Gasteiger partial charge in [0.2, 0.25) is 5.43 Å². The number of nitrogens with one attached hydrogen (secondary N) is 1. The van der Waals surface area contributed by atoms with Crippen molar-refractivity contribution >= 4 is 11.8 Å². The van der Waals surface area contributed by atoms with E-state index in [-0.39, 0.29) is 6.54 Å². The van der Waals surface area contributed by atoms with Gasteiger partial charge in [0.1, 0.15) is 29.6 Å². The number of benzene rings is 1. The first-order valence-electron chi connectivity index (χ1n) is 10.7. The van der Waals surface area contributed by atoms with Crippen LogP contribution in [0.5, 0.6) is 5.75 Å². The third-order valence-electron chi connectivity index (χ3n) is 4.79. The van der Waals surface area contributed by atoms with Gasteiger partial charge in [0, 0.05) is 57.2 Å². The van der Waals surface area contributed by atoms with E-state index in [1.807, 2.05) is 12.2 Å². The molecule has 0 aliphatic carbocycles. The lowest BCUT2D eigenvalue weighted by Gasteiger charge is -2.30. The number of alkyl halides is 3. The Morgan fingerprint density at radius 2 is 1.59 bits per heavy atom. The number of amides is 2. The fourth-order valence-corrected chi connectivity index (χ4v) is 3.06. The van der Waals surface area contributed by atoms with Crippen molar-refractivity contribution in [2.75, 3.05) is 26.8 Å². The number of ether oxygens (including phenoxy) is 1. The maximum absolute atomic E-state index is 13.7. The van der Waals surface area contributed by atoms with Crippen LogP contribution in [0.4, 0.5) is 26.3 Å². The number of fused-ring (bicyclic) bond motifs is 1. The van der Waals surface area contributed by atoms with Crippen molar-refractivity contribution in [3.05, 3.63) is 62.8 Å². The van der Waals surface area contributed by atoms with E-state index < -0.39 is 83.1 Å². The number of rotatable bonds is 5. The Morgan fingerprint density at radius 3 is 2.05 bits per heavy atom. The molecule has 0 bridgehead atoms. The fourth-order valence-electron chi connectivity index (χ4n) is 3.06. The summed E-state index contributed by atoms with van der Waals surface area (Å²) in [7, 11) is 1.68. The molecule has 2 aromatic rings. The maximum atomic E-state index is 13.7. The highest BCUT2D eigenvalue weighted by atomic mass is 19.4. The van der Waals surface area contributed by atoms with E-state index in [2.05, 4.69) is 30.4 Å². The first-order chi connectivity index (χ1) is 18.3. The number of terminal acetylenes is 2. The number of carbonyl (C=O) groups is 2. The number of methoxy groups -OCH3 is 1. The number of pyridine rings is 1. The molecule has 0 unspecified atom stereocenters. The van der Waals surface area contributed by atoms with E-state index >= 15 is 0 Å². The number of hydrogen-bond donors (Lipinski definition) is 2. The van der Waals surface area contributed by atoms with Crippen LogP contribution in [0, 0.1) is 43.1 Å². The van der Waals surface area contributed by atoms with Crippen LogP contribution in [-0.2, 0) is 17.8 Å². The Balaban J connectivity index is 0.00000162.